The summed E-state index contributed by atoms with van der Waals surface area (Å²) in [6, 6.07) is 5.82. The highest BCUT2D eigenvalue weighted by molar-refractivity contribution is 8.01. The summed E-state index contributed by atoms with van der Waals surface area (Å²) < 4.78 is 11.8. The summed E-state index contributed by atoms with van der Waals surface area (Å²) in [5.41, 5.74) is 6.96. The van der Waals surface area contributed by atoms with Gasteiger partial charge in [-0.05, 0) is 17.7 Å². The second-order valence-electron chi connectivity index (χ2n) is 7.18. The number of carbonyl (C=O) groups excluding carboxylic acids is 1. The minimum atomic E-state index is -0.687. The van der Waals surface area contributed by atoms with E-state index in [1.807, 2.05) is 23.6 Å². The largest absolute Gasteiger partial charge is 0.495 e. The number of hydrogen-bond acceptors (Lipinski definition) is 9. The lowest BCUT2D eigenvalue weighted by atomic mass is 10.1. The van der Waals surface area contributed by atoms with E-state index in [0.717, 1.165) is 29.5 Å². The Labute approximate surface area is 195 Å². The molecule has 2 aromatic rings. The lowest BCUT2D eigenvalue weighted by Crippen LogP contribution is -2.48. The van der Waals surface area contributed by atoms with Crippen LogP contribution in [0.2, 0.25) is 5.02 Å². The summed E-state index contributed by atoms with van der Waals surface area (Å²) in [4.78, 5) is 17.6. The number of morpholine rings is 1. The molecular weight excluding hydrogens is 460 g/mol. The first-order valence-corrected chi connectivity index (χ1v) is 12.1. The summed E-state index contributed by atoms with van der Waals surface area (Å²) in [5.74, 6) is 0.716. The fourth-order valence-electron chi connectivity index (χ4n) is 3.20. The van der Waals surface area contributed by atoms with E-state index in [0.29, 0.717) is 35.4 Å². The number of thiazole rings is 1. The van der Waals surface area contributed by atoms with Gasteiger partial charge in [0.05, 0.1) is 37.0 Å². The van der Waals surface area contributed by atoms with E-state index in [2.05, 4.69) is 15.2 Å². The highest BCUT2D eigenvalue weighted by Gasteiger charge is 2.21. The number of primary amides is 1. The Morgan fingerprint density at radius 1 is 1.58 bits per heavy atom. The average molecular weight is 487 g/mol. The SMILES string of the molecule is COc1ccc(CN2CCO[C@@H](CNC(O)CSc3nc(CC(N)=O)cs3)C2)cc1Cl. The van der Waals surface area contributed by atoms with Gasteiger partial charge in [-0.25, -0.2) is 4.98 Å². The molecule has 31 heavy (non-hydrogen) atoms. The summed E-state index contributed by atoms with van der Waals surface area (Å²) in [5, 5.41) is 15.8. The molecule has 170 valence electrons. The normalized spacial score (nSPS) is 18.1. The van der Waals surface area contributed by atoms with Gasteiger partial charge in [0.15, 0.2) is 0 Å². The Morgan fingerprint density at radius 3 is 3.16 bits per heavy atom. The zero-order valence-corrected chi connectivity index (χ0v) is 19.6. The van der Waals surface area contributed by atoms with Crippen molar-refractivity contribution >= 4 is 40.6 Å². The number of nitrogens with two attached hydrogens (primary N) is 1. The third-order valence-electron chi connectivity index (χ3n) is 4.68. The van der Waals surface area contributed by atoms with Crippen LogP contribution in [0.5, 0.6) is 5.75 Å². The number of aliphatic hydroxyl groups excluding tert-OH is 1. The molecule has 2 heterocycles. The van der Waals surface area contributed by atoms with E-state index in [1.165, 1.54) is 23.1 Å². The first-order valence-electron chi connectivity index (χ1n) is 9.86. The molecule has 3 rings (SSSR count). The van der Waals surface area contributed by atoms with Crippen molar-refractivity contribution in [3.8, 4) is 5.75 Å². The van der Waals surface area contributed by atoms with E-state index in [4.69, 9.17) is 26.8 Å². The molecule has 0 spiro atoms. The number of benzene rings is 1. The van der Waals surface area contributed by atoms with Crippen LogP contribution in [0, 0.1) is 0 Å². The van der Waals surface area contributed by atoms with Crippen molar-refractivity contribution in [1.29, 1.82) is 0 Å². The fourth-order valence-corrected chi connectivity index (χ4v) is 5.25. The van der Waals surface area contributed by atoms with Crippen molar-refractivity contribution in [2.45, 2.75) is 29.6 Å². The van der Waals surface area contributed by atoms with Gasteiger partial charge in [0.1, 0.15) is 16.3 Å². The number of thioether (sulfide) groups is 1. The van der Waals surface area contributed by atoms with Gasteiger partial charge in [-0.2, -0.15) is 0 Å². The predicted octanol–water partition coefficient (Wildman–Crippen LogP) is 1.73. The molecule has 1 aromatic heterocycles. The summed E-state index contributed by atoms with van der Waals surface area (Å²) in [6.45, 7) is 3.57. The second-order valence-corrected chi connectivity index (χ2v) is 9.71. The third-order valence-corrected chi connectivity index (χ3v) is 7.12. The summed E-state index contributed by atoms with van der Waals surface area (Å²) >= 11 is 9.10. The van der Waals surface area contributed by atoms with Gasteiger partial charge < -0.3 is 20.3 Å². The van der Waals surface area contributed by atoms with Crippen LogP contribution in [0.25, 0.3) is 0 Å². The van der Waals surface area contributed by atoms with Gasteiger partial charge in [-0.15, -0.1) is 11.3 Å². The highest BCUT2D eigenvalue weighted by atomic mass is 35.5. The molecule has 1 fully saturated rings. The van der Waals surface area contributed by atoms with Gasteiger partial charge in [0.25, 0.3) is 0 Å². The molecule has 1 aromatic carbocycles. The first kappa shape index (κ1) is 24.2. The Balaban J connectivity index is 1.39. The molecule has 1 amide bonds. The van der Waals surface area contributed by atoms with Crippen molar-refractivity contribution < 1.29 is 19.4 Å². The van der Waals surface area contributed by atoms with Crippen molar-refractivity contribution in [2.75, 3.05) is 39.1 Å². The number of aliphatic hydroxyl groups is 1. The van der Waals surface area contributed by atoms with Crippen LogP contribution in [-0.4, -0.2) is 72.3 Å². The lowest BCUT2D eigenvalue weighted by Gasteiger charge is -2.33. The number of carbonyl (C=O) groups is 1. The standard InChI is InChI=1S/C20H27ClN4O4S2/c1-28-17-3-2-13(6-16(17)21)9-25-4-5-29-15(10-25)8-23-19(27)12-31-20-24-14(11-30-20)7-18(22)26/h2-3,6,11,15,19,23,27H,4-5,7-10,12H2,1H3,(H2,22,26)/t15-,19?/m0/s1. The van der Waals surface area contributed by atoms with Crippen molar-refractivity contribution in [2.24, 2.45) is 5.73 Å². The quantitative estimate of drug-likeness (QED) is 0.325. The molecule has 1 aliphatic rings. The number of nitrogens with one attached hydrogen (secondary N) is 1. The second kappa shape index (κ2) is 12.0. The van der Waals surface area contributed by atoms with Gasteiger partial charge in [0, 0.05) is 37.3 Å². The van der Waals surface area contributed by atoms with Crippen molar-refractivity contribution in [3.63, 3.8) is 0 Å². The van der Waals surface area contributed by atoms with Crippen molar-refractivity contribution in [3.05, 3.63) is 39.9 Å². The van der Waals surface area contributed by atoms with E-state index < -0.39 is 12.1 Å². The fraction of sp³-hybridized carbons (Fsp3) is 0.500. The van der Waals surface area contributed by atoms with Crippen LogP contribution >= 0.6 is 34.7 Å². The predicted molar refractivity (Wildman–Crippen MR) is 123 cm³/mol. The Hall–Kier alpha value is -1.40. The number of amides is 1. The number of hydrogen-bond donors (Lipinski definition) is 3. The maximum absolute atomic E-state index is 10.9. The lowest BCUT2D eigenvalue weighted by molar-refractivity contribution is -0.117. The Kier molecular flexibility index (Phi) is 9.39. The van der Waals surface area contributed by atoms with Gasteiger partial charge in [-0.3, -0.25) is 15.0 Å². The van der Waals surface area contributed by atoms with Crippen LogP contribution in [0.3, 0.4) is 0 Å². The van der Waals surface area contributed by atoms with Crippen LogP contribution in [0.4, 0.5) is 0 Å². The maximum Gasteiger partial charge on any atom is 0.223 e. The van der Waals surface area contributed by atoms with E-state index >= 15 is 0 Å². The first-order chi connectivity index (χ1) is 14.9. The molecule has 1 aliphatic heterocycles. The molecule has 2 atom stereocenters. The van der Waals surface area contributed by atoms with Crippen LogP contribution in [0.1, 0.15) is 11.3 Å². The number of rotatable bonds is 11. The van der Waals surface area contributed by atoms with Gasteiger partial charge in [0.2, 0.25) is 5.91 Å². The van der Waals surface area contributed by atoms with Crippen LogP contribution in [-0.2, 0) is 22.5 Å². The molecule has 0 radical (unpaired) electrons. The van der Waals surface area contributed by atoms with Crippen LogP contribution in [0.15, 0.2) is 27.9 Å². The number of ether oxygens (including phenoxy) is 2. The molecule has 1 unspecified atom stereocenters. The molecule has 0 bridgehead atoms. The van der Waals surface area contributed by atoms with Crippen molar-refractivity contribution in [1.82, 2.24) is 15.2 Å². The number of nitrogens with zero attached hydrogens (tertiary/aromatic N) is 2. The van der Waals surface area contributed by atoms with E-state index in [1.54, 1.807) is 7.11 Å². The smallest absolute Gasteiger partial charge is 0.223 e. The maximum atomic E-state index is 10.9. The monoisotopic (exact) mass is 486 g/mol. The summed E-state index contributed by atoms with van der Waals surface area (Å²) in [6.07, 6.45) is -0.562. The number of halogens is 1. The van der Waals surface area contributed by atoms with E-state index in [-0.39, 0.29) is 12.5 Å². The van der Waals surface area contributed by atoms with E-state index in [9.17, 15) is 9.90 Å². The number of methoxy groups -OCH3 is 1. The Morgan fingerprint density at radius 2 is 2.42 bits per heavy atom. The van der Waals surface area contributed by atoms with Gasteiger partial charge >= 0.3 is 0 Å². The minimum absolute atomic E-state index is 0.0100. The zero-order chi connectivity index (χ0) is 22.2. The molecule has 0 aliphatic carbocycles. The van der Waals surface area contributed by atoms with Gasteiger partial charge in [-0.1, -0.05) is 29.4 Å². The molecule has 1 saturated heterocycles. The Bertz CT molecular complexity index is 869. The molecule has 0 saturated carbocycles. The molecule has 8 nitrogen and oxygen atoms in total. The highest BCUT2D eigenvalue weighted by Crippen LogP contribution is 2.26. The molecule has 11 heteroatoms. The molecular formula is C20H27ClN4O4S2. The summed E-state index contributed by atoms with van der Waals surface area (Å²) in [7, 11) is 1.60. The zero-order valence-electron chi connectivity index (χ0n) is 17.3. The molecule has 4 N–H and O–H groups in total. The number of aromatic nitrogens is 1. The third kappa shape index (κ3) is 7.90. The average Bonchev–Trinajstić information content (AvgIpc) is 3.18. The topological polar surface area (TPSA) is 110 Å². The minimum Gasteiger partial charge on any atom is -0.495 e. The van der Waals surface area contributed by atoms with Crippen LogP contribution < -0.4 is 15.8 Å².